The zero-order chi connectivity index (χ0) is 19.8. The number of hydrogen-bond acceptors (Lipinski definition) is 7. The lowest BCUT2D eigenvalue weighted by atomic mass is 10.1. The number of anilines is 1. The number of nitrogens with zero attached hydrogens (tertiary/aromatic N) is 5. The van der Waals surface area contributed by atoms with Crippen molar-refractivity contribution in [1.29, 1.82) is 0 Å². The van der Waals surface area contributed by atoms with Crippen LogP contribution in [0.25, 0.3) is 17.0 Å². The number of nitrogens with one attached hydrogen (secondary N) is 1. The summed E-state index contributed by atoms with van der Waals surface area (Å²) in [7, 11) is 1.50. The fourth-order valence-electron chi connectivity index (χ4n) is 2.75. The molecule has 0 atom stereocenters. The van der Waals surface area contributed by atoms with Crippen LogP contribution in [0.2, 0.25) is 0 Å². The van der Waals surface area contributed by atoms with E-state index in [4.69, 9.17) is 4.74 Å². The number of halogens is 1. The third-order valence-corrected chi connectivity index (χ3v) is 4.74. The lowest BCUT2D eigenvalue weighted by Crippen LogP contribution is -2.13. The van der Waals surface area contributed by atoms with E-state index in [1.54, 1.807) is 5.38 Å². The van der Waals surface area contributed by atoms with Crippen LogP contribution in [0.4, 0.5) is 9.52 Å². The van der Waals surface area contributed by atoms with Gasteiger partial charge in [-0.25, -0.2) is 18.9 Å². The van der Waals surface area contributed by atoms with Crippen LogP contribution in [0.15, 0.2) is 29.6 Å². The van der Waals surface area contributed by atoms with Gasteiger partial charge in [0.25, 0.3) is 11.7 Å². The van der Waals surface area contributed by atoms with Crippen molar-refractivity contribution in [2.45, 2.75) is 13.8 Å². The van der Waals surface area contributed by atoms with Crippen molar-refractivity contribution in [3.63, 3.8) is 0 Å². The zero-order valence-corrected chi connectivity index (χ0v) is 16.0. The maximum Gasteiger partial charge on any atom is 0.297 e. The maximum absolute atomic E-state index is 13.6. The summed E-state index contributed by atoms with van der Waals surface area (Å²) >= 11 is 1.21. The molecule has 0 saturated heterocycles. The van der Waals surface area contributed by atoms with Gasteiger partial charge < -0.3 is 4.74 Å². The second kappa shape index (κ2) is 6.97. The minimum absolute atomic E-state index is 0.0127. The van der Waals surface area contributed by atoms with Crippen LogP contribution in [0.5, 0.6) is 5.75 Å². The predicted octanol–water partition coefficient (Wildman–Crippen LogP) is 3.26. The van der Waals surface area contributed by atoms with Gasteiger partial charge in [-0.1, -0.05) is 0 Å². The Balaban J connectivity index is 1.60. The number of fused-ring (bicyclic) bond motifs is 1. The molecule has 3 heterocycles. The lowest BCUT2D eigenvalue weighted by Gasteiger charge is -2.05. The third kappa shape index (κ3) is 3.29. The summed E-state index contributed by atoms with van der Waals surface area (Å²) in [4.78, 5) is 25.3. The normalized spacial score (nSPS) is 11.0. The van der Waals surface area contributed by atoms with Crippen LogP contribution < -0.4 is 10.1 Å². The average molecular weight is 398 g/mol. The molecule has 0 bridgehead atoms. The summed E-state index contributed by atoms with van der Waals surface area (Å²) in [5.41, 5.74) is 2.61. The Morgan fingerprint density at radius 2 is 2.04 bits per heavy atom. The van der Waals surface area contributed by atoms with Crippen molar-refractivity contribution in [1.82, 2.24) is 24.6 Å². The number of thiazole rings is 1. The number of carbonyl (C=O) groups excluding carboxylic acids is 1. The SMILES string of the molecule is COc1ccc(F)cc1-c1csc(NC(=O)c2nc3nc(C)cc(C)n3n2)n1. The van der Waals surface area contributed by atoms with Gasteiger partial charge in [-0.05, 0) is 38.1 Å². The van der Waals surface area contributed by atoms with E-state index >= 15 is 0 Å². The highest BCUT2D eigenvalue weighted by Crippen LogP contribution is 2.32. The number of ether oxygens (including phenoxy) is 1. The number of benzene rings is 1. The molecule has 3 aromatic heterocycles. The Labute approximate surface area is 163 Å². The summed E-state index contributed by atoms with van der Waals surface area (Å²) in [6.07, 6.45) is 0. The molecule has 0 aliphatic carbocycles. The van der Waals surface area contributed by atoms with Crippen molar-refractivity contribution in [3.8, 4) is 17.0 Å². The minimum Gasteiger partial charge on any atom is -0.496 e. The van der Waals surface area contributed by atoms with Crippen molar-refractivity contribution < 1.29 is 13.9 Å². The standard InChI is InChI=1S/C18H15FN6O2S/c1-9-6-10(2)25-17(20-9)22-15(24-25)16(26)23-18-21-13(8-28-18)12-7-11(19)4-5-14(12)27-3/h4-8H,1-3H3,(H,21,23,26). The molecule has 4 rings (SSSR count). The van der Waals surface area contributed by atoms with Crippen LogP contribution >= 0.6 is 11.3 Å². The molecule has 0 saturated carbocycles. The van der Waals surface area contributed by atoms with E-state index in [0.29, 0.717) is 27.9 Å². The van der Waals surface area contributed by atoms with Gasteiger partial charge in [0.15, 0.2) is 5.13 Å². The Bertz CT molecular complexity index is 1200. The monoisotopic (exact) mass is 398 g/mol. The molecule has 4 aromatic rings. The predicted molar refractivity (Wildman–Crippen MR) is 102 cm³/mol. The molecule has 1 N–H and O–H groups in total. The Hall–Kier alpha value is -3.40. The fraction of sp³-hybridized carbons (Fsp3) is 0.167. The lowest BCUT2D eigenvalue weighted by molar-refractivity contribution is 0.101. The molecule has 1 amide bonds. The Kier molecular flexibility index (Phi) is 4.47. The molecule has 8 nitrogen and oxygen atoms in total. The van der Waals surface area contributed by atoms with Crippen LogP contribution in [0.3, 0.4) is 0 Å². The van der Waals surface area contributed by atoms with Gasteiger partial charge in [0.1, 0.15) is 11.6 Å². The molecule has 0 aliphatic heterocycles. The topological polar surface area (TPSA) is 94.3 Å². The summed E-state index contributed by atoms with van der Waals surface area (Å²) in [5.74, 6) is -0.0760. The molecule has 0 aliphatic rings. The van der Waals surface area contributed by atoms with E-state index < -0.39 is 11.7 Å². The average Bonchev–Trinajstić information content (AvgIpc) is 3.28. The molecule has 0 fully saturated rings. The Morgan fingerprint density at radius 1 is 1.21 bits per heavy atom. The van der Waals surface area contributed by atoms with Crippen molar-refractivity contribution in [2.75, 3.05) is 12.4 Å². The van der Waals surface area contributed by atoms with Crippen LogP contribution in [-0.4, -0.2) is 37.6 Å². The number of aromatic nitrogens is 5. The molecule has 0 radical (unpaired) electrons. The first kappa shape index (κ1) is 18.0. The van der Waals surface area contributed by atoms with E-state index in [1.807, 2.05) is 19.9 Å². The van der Waals surface area contributed by atoms with E-state index in [2.05, 4.69) is 25.4 Å². The molecule has 10 heteroatoms. The first-order chi connectivity index (χ1) is 13.4. The number of aryl methyl sites for hydroxylation is 2. The smallest absolute Gasteiger partial charge is 0.297 e. The minimum atomic E-state index is -0.505. The molecule has 142 valence electrons. The van der Waals surface area contributed by atoms with Crippen molar-refractivity contribution >= 4 is 28.2 Å². The van der Waals surface area contributed by atoms with Crippen LogP contribution in [0, 0.1) is 19.7 Å². The van der Waals surface area contributed by atoms with Gasteiger partial charge in [0, 0.05) is 22.3 Å². The second-order valence-corrected chi connectivity index (χ2v) is 6.88. The quantitative estimate of drug-likeness (QED) is 0.567. The van der Waals surface area contributed by atoms with E-state index in [1.165, 1.54) is 41.2 Å². The van der Waals surface area contributed by atoms with Gasteiger partial charge in [0.05, 0.1) is 12.8 Å². The first-order valence-corrected chi connectivity index (χ1v) is 9.14. The molecule has 28 heavy (non-hydrogen) atoms. The van der Waals surface area contributed by atoms with Gasteiger partial charge in [-0.2, -0.15) is 4.98 Å². The fourth-order valence-corrected chi connectivity index (χ4v) is 3.46. The number of amides is 1. The van der Waals surface area contributed by atoms with Gasteiger partial charge in [0.2, 0.25) is 5.82 Å². The zero-order valence-electron chi connectivity index (χ0n) is 15.2. The maximum atomic E-state index is 13.6. The van der Waals surface area contributed by atoms with Crippen molar-refractivity contribution in [3.05, 3.63) is 52.7 Å². The molecular formula is C18H15FN6O2S. The summed E-state index contributed by atoms with van der Waals surface area (Å²) < 4.78 is 20.4. The Morgan fingerprint density at radius 3 is 2.82 bits per heavy atom. The highest BCUT2D eigenvalue weighted by atomic mass is 32.1. The van der Waals surface area contributed by atoms with Crippen molar-refractivity contribution in [2.24, 2.45) is 0 Å². The second-order valence-electron chi connectivity index (χ2n) is 6.02. The molecule has 0 spiro atoms. The first-order valence-electron chi connectivity index (χ1n) is 8.26. The van der Waals surface area contributed by atoms with Gasteiger partial charge in [-0.15, -0.1) is 16.4 Å². The van der Waals surface area contributed by atoms with Crippen LogP contribution in [0.1, 0.15) is 22.0 Å². The molecular weight excluding hydrogens is 383 g/mol. The van der Waals surface area contributed by atoms with E-state index in [9.17, 15) is 9.18 Å². The van der Waals surface area contributed by atoms with Crippen LogP contribution in [-0.2, 0) is 0 Å². The van der Waals surface area contributed by atoms with Gasteiger partial charge in [-0.3, -0.25) is 10.1 Å². The van der Waals surface area contributed by atoms with E-state index in [0.717, 1.165) is 11.4 Å². The molecule has 0 unspecified atom stereocenters. The van der Waals surface area contributed by atoms with Gasteiger partial charge >= 0.3 is 0 Å². The summed E-state index contributed by atoms with van der Waals surface area (Å²) in [6.45, 7) is 3.71. The highest BCUT2D eigenvalue weighted by molar-refractivity contribution is 7.14. The number of rotatable bonds is 4. The molecule has 1 aromatic carbocycles. The number of carbonyl (C=O) groups is 1. The third-order valence-electron chi connectivity index (χ3n) is 3.98. The summed E-state index contributed by atoms with van der Waals surface area (Å²) in [5, 5.41) is 8.90. The van der Waals surface area contributed by atoms with E-state index in [-0.39, 0.29) is 5.82 Å². The highest BCUT2D eigenvalue weighted by Gasteiger charge is 2.18. The largest absolute Gasteiger partial charge is 0.496 e. The summed E-state index contributed by atoms with van der Waals surface area (Å²) in [6, 6.07) is 6.02. The number of methoxy groups -OCH3 is 1. The number of hydrogen-bond donors (Lipinski definition) is 1.